The van der Waals surface area contributed by atoms with Gasteiger partial charge in [0.1, 0.15) is 6.10 Å². The number of carbonyl (C=O) groups is 2. The second kappa shape index (κ2) is 9.38. The summed E-state index contributed by atoms with van der Waals surface area (Å²) in [6.45, 7) is 1.21. The van der Waals surface area contributed by atoms with Crippen molar-refractivity contribution in [2.24, 2.45) is 0 Å². The summed E-state index contributed by atoms with van der Waals surface area (Å²) in [5, 5.41) is 11.5. The Kier molecular flexibility index (Phi) is 6.67. The minimum Gasteiger partial charge on any atom is -0.481 e. The lowest BCUT2D eigenvalue weighted by atomic mass is 10.2. The first-order chi connectivity index (χ1) is 13.1. The van der Waals surface area contributed by atoms with Gasteiger partial charge in [0, 0.05) is 35.7 Å². The van der Waals surface area contributed by atoms with E-state index in [1.165, 1.54) is 11.8 Å². The number of anilines is 1. The Morgan fingerprint density at radius 2 is 2.22 bits per heavy atom. The highest BCUT2D eigenvalue weighted by Gasteiger charge is 2.18. The van der Waals surface area contributed by atoms with Crippen LogP contribution in [0.25, 0.3) is 0 Å². The van der Waals surface area contributed by atoms with Crippen LogP contribution in [-0.4, -0.2) is 47.0 Å². The predicted molar refractivity (Wildman–Crippen MR) is 102 cm³/mol. The number of benzene rings is 1. The van der Waals surface area contributed by atoms with Crippen LogP contribution in [0.5, 0.6) is 5.88 Å². The largest absolute Gasteiger partial charge is 0.481 e. The summed E-state index contributed by atoms with van der Waals surface area (Å²) in [6, 6.07) is 10.6. The molecule has 0 radical (unpaired) electrons. The first kappa shape index (κ1) is 19.2. The van der Waals surface area contributed by atoms with Crippen molar-refractivity contribution in [1.29, 1.82) is 0 Å². The van der Waals surface area contributed by atoms with E-state index in [4.69, 9.17) is 14.6 Å². The molecule has 2 N–H and O–H groups in total. The van der Waals surface area contributed by atoms with E-state index in [9.17, 15) is 9.59 Å². The summed E-state index contributed by atoms with van der Waals surface area (Å²) in [5.41, 5.74) is 2.04. The van der Waals surface area contributed by atoms with Crippen LogP contribution in [0.4, 0.5) is 5.69 Å². The number of nitrogens with one attached hydrogen (secondary N) is 1. The highest BCUT2D eigenvalue weighted by Crippen LogP contribution is 2.19. The molecule has 2 aromatic rings. The third kappa shape index (κ3) is 5.97. The predicted octanol–water partition coefficient (Wildman–Crippen LogP) is 2.82. The van der Waals surface area contributed by atoms with E-state index in [2.05, 4.69) is 10.3 Å². The maximum atomic E-state index is 12.5. The van der Waals surface area contributed by atoms with Gasteiger partial charge in [0.05, 0.1) is 19.0 Å². The number of ether oxygens (including phenoxy) is 2. The number of thioether (sulfide) groups is 1. The Morgan fingerprint density at radius 3 is 3.00 bits per heavy atom. The van der Waals surface area contributed by atoms with Gasteiger partial charge in [-0.2, -0.15) is 0 Å². The quantitative estimate of drug-likeness (QED) is 0.717. The van der Waals surface area contributed by atoms with Gasteiger partial charge >= 0.3 is 5.97 Å². The molecule has 1 amide bonds. The number of carboxylic acids is 1. The second-order valence-electron chi connectivity index (χ2n) is 6.03. The number of hydrogen-bond acceptors (Lipinski definition) is 6. The van der Waals surface area contributed by atoms with Gasteiger partial charge in [0.15, 0.2) is 0 Å². The molecule has 1 aliphatic heterocycles. The minimum absolute atomic E-state index is 0.0317. The van der Waals surface area contributed by atoms with Crippen molar-refractivity contribution in [2.45, 2.75) is 18.3 Å². The molecule has 1 aromatic carbocycles. The van der Waals surface area contributed by atoms with Gasteiger partial charge in [-0.05, 0) is 23.8 Å². The molecule has 27 heavy (non-hydrogen) atoms. The minimum atomic E-state index is -0.843. The highest BCUT2D eigenvalue weighted by molar-refractivity contribution is 7.99. The molecule has 142 valence electrons. The normalized spacial score (nSPS) is 16.1. The number of hydrogen-bond donors (Lipinski definition) is 2. The molecule has 1 aliphatic rings. The molecule has 1 aromatic heterocycles. The lowest BCUT2D eigenvalue weighted by molar-refractivity contribution is -0.133. The average Bonchev–Trinajstić information content (AvgIpc) is 3.15. The van der Waals surface area contributed by atoms with Crippen molar-refractivity contribution in [3.05, 3.63) is 53.7 Å². The lowest BCUT2D eigenvalue weighted by Gasteiger charge is -2.12. The number of aromatic nitrogens is 1. The summed E-state index contributed by atoms with van der Waals surface area (Å²) in [6.07, 6.45) is 2.32. The van der Waals surface area contributed by atoms with Crippen molar-refractivity contribution in [2.75, 3.05) is 24.3 Å². The number of carbonyl (C=O) groups excluding carboxylic acids is 1. The molecular weight excluding hydrogens is 368 g/mol. The monoisotopic (exact) mass is 388 g/mol. The van der Waals surface area contributed by atoms with Crippen LogP contribution in [0.1, 0.15) is 22.3 Å². The molecule has 1 saturated heterocycles. The van der Waals surface area contributed by atoms with Gasteiger partial charge in [-0.25, -0.2) is 4.98 Å². The third-order valence-corrected chi connectivity index (χ3v) is 4.84. The van der Waals surface area contributed by atoms with Crippen molar-refractivity contribution >= 4 is 29.3 Å². The van der Waals surface area contributed by atoms with E-state index in [0.29, 0.717) is 36.1 Å². The van der Waals surface area contributed by atoms with E-state index in [0.717, 1.165) is 12.0 Å². The zero-order chi connectivity index (χ0) is 19.1. The van der Waals surface area contributed by atoms with Gasteiger partial charge < -0.3 is 19.9 Å². The molecule has 1 unspecified atom stereocenters. The summed E-state index contributed by atoms with van der Waals surface area (Å²) < 4.78 is 11.0. The smallest absolute Gasteiger partial charge is 0.313 e. The Balaban J connectivity index is 1.60. The Labute approximate surface area is 161 Å². The van der Waals surface area contributed by atoms with E-state index in [1.807, 2.05) is 18.2 Å². The zero-order valence-electron chi connectivity index (χ0n) is 14.6. The number of aliphatic carboxylic acids is 1. The number of rotatable bonds is 8. The molecule has 2 heterocycles. The van der Waals surface area contributed by atoms with Crippen LogP contribution < -0.4 is 10.1 Å². The van der Waals surface area contributed by atoms with Gasteiger partial charge in [-0.3, -0.25) is 9.59 Å². The van der Waals surface area contributed by atoms with Crippen LogP contribution in [0.3, 0.4) is 0 Å². The molecule has 0 bridgehead atoms. The van der Waals surface area contributed by atoms with Crippen molar-refractivity contribution < 1.29 is 24.2 Å². The van der Waals surface area contributed by atoms with E-state index in [-0.39, 0.29) is 17.8 Å². The van der Waals surface area contributed by atoms with Crippen LogP contribution in [0.2, 0.25) is 0 Å². The number of amides is 1. The summed E-state index contributed by atoms with van der Waals surface area (Å²) in [4.78, 5) is 27.3. The Hall–Kier alpha value is -2.58. The fourth-order valence-corrected chi connectivity index (χ4v) is 3.28. The standard InChI is InChI=1S/C19H20N2O5S/c22-18(23)12-27-11-13-2-1-3-15(8-13)21-19(24)14-4-6-20-17(9-14)26-16-5-7-25-10-16/h1-4,6,8-9,16H,5,7,10-12H2,(H,21,24)(H,22,23). The average molecular weight is 388 g/mol. The van der Waals surface area contributed by atoms with Crippen LogP contribution >= 0.6 is 11.8 Å². The van der Waals surface area contributed by atoms with Crippen LogP contribution in [0, 0.1) is 0 Å². The van der Waals surface area contributed by atoms with Gasteiger partial charge in [-0.1, -0.05) is 12.1 Å². The zero-order valence-corrected chi connectivity index (χ0v) is 15.4. The third-order valence-electron chi connectivity index (χ3n) is 3.85. The van der Waals surface area contributed by atoms with Crippen LogP contribution in [0.15, 0.2) is 42.6 Å². The second-order valence-corrected chi connectivity index (χ2v) is 7.01. The maximum absolute atomic E-state index is 12.5. The Bertz CT molecular complexity index is 808. The van der Waals surface area contributed by atoms with Gasteiger partial charge in [-0.15, -0.1) is 11.8 Å². The summed E-state index contributed by atoms with van der Waals surface area (Å²) >= 11 is 1.31. The summed E-state index contributed by atoms with van der Waals surface area (Å²) in [7, 11) is 0. The molecule has 0 aliphatic carbocycles. The first-order valence-corrected chi connectivity index (χ1v) is 9.66. The first-order valence-electron chi connectivity index (χ1n) is 8.50. The van der Waals surface area contributed by atoms with Gasteiger partial charge in [0.25, 0.3) is 5.91 Å². The SMILES string of the molecule is O=C(O)CSCc1cccc(NC(=O)c2ccnc(OC3CCOC3)c2)c1. The summed E-state index contributed by atoms with van der Waals surface area (Å²) in [5.74, 6) is -0.101. The lowest BCUT2D eigenvalue weighted by Crippen LogP contribution is -2.17. The maximum Gasteiger partial charge on any atom is 0.313 e. The van der Waals surface area contributed by atoms with Crippen molar-refractivity contribution in [1.82, 2.24) is 4.98 Å². The fraction of sp³-hybridized carbons (Fsp3) is 0.316. The number of carboxylic acid groups (broad SMARTS) is 1. The van der Waals surface area contributed by atoms with E-state index in [1.54, 1.807) is 24.4 Å². The van der Waals surface area contributed by atoms with E-state index >= 15 is 0 Å². The number of pyridine rings is 1. The topological polar surface area (TPSA) is 97.8 Å². The molecule has 7 nitrogen and oxygen atoms in total. The molecule has 0 spiro atoms. The molecule has 1 atom stereocenters. The molecular formula is C19H20N2O5S. The molecule has 8 heteroatoms. The van der Waals surface area contributed by atoms with Crippen molar-refractivity contribution in [3.63, 3.8) is 0 Å². The number of nitrogens with zero attached hydrogens (tertiary/aromatic N) is 1. The fourth-order valence-electron chi connectivity index (χ4n) is 2.59. The van der Waals surface area contributed by atoms with E-state index < -0.39 is 5.97 Å². The van der Waals surface area contributed by atoms with Gasteiger partial charge in [0.2, 0.25) is 5.88 Å². The highest BCUT2D eigenvalue weighted by atomic mass is 32.2. The Morgan fingerprint density at radius 1 is 1.33 bits per heavy atom. The van der Waals surface area contributed by atoms with Crippen LogP contribution in [-0.2, 0) is 15.3 Å². The molecule has 3 rings (SSSR count). The molecule has 1 fully saturated rings. The molecule has 0 saturated carbocycles. The van der Waals surface area contributed by atoms with Crippen molar-refractivity contribution in [3.8, 4) is 5.88 Å².